The summed E-state index contributed by atoms with van der Waals surface area (Å²) in [6.45, 7) is 7.44. The molecule has 1 N–H and O–H groups in total. The van der Waals surface area contributed by atoms with Gasteiger partial charge in [-0.15, -0.1) is 0 Å². The molecule has 0 spiro atoms. The van der Waals surface area contributed by atoms with E-state index >= 15 is 0 Å². The predicted octanol–water partition coefficient (Wildman–Crippen LogP) is 4.34. The summed E-state index contributed by atoms with van der Waals surface area (Å²) in [6, 6.07) is 16.3. The topological polar surface area (TPSA) is 52.6 Å². The molecule has 0 atom stereocenters. The minimum atomic E-state index is 0.476. The van der Waals surface area contributed by atoms with E-state index in [1.54, 1.807) is 6.20 Å². The van der Waals surface area contributed by atoms with E-state index in [0.29, 0.717) is 19.8 Å². The van der Waals surface area contributed by atoms with E-state index in [1.165, 1.54) is 11.1 Å². The zero-order valence-corrected chi connectivity index (χ0v) is 16.9. The minimum Gasteiger partial charge on any atom is -0.487 e. The van der Waals surface area contributed by atoms with E-state index in [9.17, 15) is 0 Å². The first kappa shape index (κ1) is 19.3. The Balaban J connectivity index is 1.34. The maximum absolute atomic E-state index is 6.03. The summed E-state index contributed by atoms with van der Waals surface area (Å²) in [6.07, 6.45) is 1.79. The highest BCUT2D eigenvalue weighted by molar-refractivity contribution is 5.44. The third-order valence-corrected chi connectivity index (χ3v) is 4.88. The maximum Gasteiger partial charge on any atom is 0.161 e. The Kier molecular flexibility index (Phi) is 5.96. The molecule has 5 heteroatoms. The summed E-state index contributed by atoms with van der Waals surface area (Å²) in [7, 11) is 0. The zero-order chi connectivity index (χ0) is 20.1. The van der Waals surface area contributed by atoms with Gasteiger partial charge in [0.25, 0.3) is 0 Å². The Morgan fingerprint density at radius 1 is 0.897 bits per heavy atom. The molecule has 1 aliphatic rings. The van der Waals surface area contributed by atoms with Gasteiger partial charge in [-0.1, -0.05) is 24.3 Å². The molecule has 0 saturated heterocycles. The van der Waals surface area contributed by atoms with Gasteiger partial charge in [0.05, 0.1) is 5.69 Å². The van der Waals surface area contributed by atoms with E-state index in [2.05, 4.69) is 42.3 Å². The van der Waals surface area contributed by atoms with E-state index in [4.69, 9.17) is 14.2 Å². The smallest absolute Gasteiger partial charge is 0.161 e. The highest BCUT2D eigenvalue weighted by atomic mass is 16.6. The third kappa shape index (κ3) is 4.87. The van der Waals surface area contributed by atoms with Crippen LogP contribution in [0, 0.1) is 13.8 Å². The van der Waals surface area contributed by atoms with Crippen LogP contribution in [0.4, 0.5) is 0 Å². The fourth-order valence-corrected chi connectivity index (χ4v) is 3.55. The van der Waals surface area contributed by atoms with Crippen molar-refractivity contribution in [1.29, 1.82) is 0 Å². The lowest BCUT2D eigenvalue weighted by Gasteiger charge is -2.19. The molecule has 5 nitrogen and oxygen atoms in total. The SMILES string of the molecule is Cc1cc(CNCc2ccc3c(c2)OCCO3)cc(C)c1OCc1ccccn1. The molecule has 0 fully saturated rings. The highest BCUT2D eigenvalue weighted by Gasteiger charge is 2.12. The second-order valence-electron chi connectivity index (χ2n) is 7.25. The van der Waals surface area contributed by atoms with Crippen LogP contribution >= 0.6 is 0 Å². The lowest BCUT2D eigenvalue weighted by molar-refractivity contribution is 0.171. The quantitative estimate of drug-likeness (QED) is 0.650. The van der Waals surface area contributed by atoms with Crippen LogP contribution < -0.4 is 19.5 Å². The summed E-state index contributed by atoms with van der Waals surface area (Å²) < 4.78 is 17.3. The fourth-order valence-electron chi connectivity index (χ4n) is 3.55. The average Bonchev–Trinajstić information content (AvgIpc) is 2.74. The van der Waals surface area contributed by atoms with E-state index in [1.807, 2.05) is 30.3 Å². The molecule has 29 heavy (non-hydrogen) atoms. The minimum absolute atomic E-state index is 0.476. The Hall–Kier alpha value is -3.05. The molecule has 0 saturated carbocycles. The molecule has 0 radical (unpaired) electrons. The second-order valence-corrected chi connectivity index (χ2v) is 7.25. The molecule has 0 aliphatic carbocycles. The van der Waals surface area contributed by atoms with Gasteiger partial charge in [0.2, 0.25) is 0 Å². The van der Waals surface area contributed by atoms with Crippen molar-refractivity contribution >= 4 is 0 Å². The van der Waals surface area contributed by atoms with Crippen molar-refractivity contribution in [2.24, 2.45) is 0 Å². The zero-order valence-electron chi connectivity index (χ0n) is 16.9. The first-order valence-electron chi connectivity index (χ1n) is 9.91. The Labute approximate surface area is 171 Å². The number of hydrogen-bond donors (Lipinski definition) is 1. The number of pyridine rings is 1. The van der Waals surface area contributed by atoms with E-state index in [0.717, 1.165) is 47.2 Å². The third-order valence-electron chi connectivity index (χ3n) is 4.88. The first-order valence-corrected chi connectivity index (χ1v) is 9.91. The van der Waals surface area contributed by atoms with Crippen LogP contribution in [0.5, 0.6) is 17.2 Å². The number of aromatic nitrogens is 1. The number of nitrogens with zero attached hydrogens (tertiary/aromatic N) is 1. The summed E-state index contributed by atoms with van der Waals surface area (Å²) in [4.78, 5) is 4.32. The van der Waals surface area contributed by atoms with Crippen molar-refractivity contribution in [2.75, 3.05) is 13.2 Å². The molecule has 1 aliphatic heterocycles. The molecule has 1 aromatic heterocycles. The van der Waals surface area contributed by atoms with Gasteiger partial charge in [-0.2, -0.15) is 0 Å². The number of fused-ring (bicyclic) bond motifs is 1. The van der Waals surface area contributed by atoms with Gasteiger partial charge in [0, 0.05) is 19.3 Å². The monoisotopic (exact) mass is 390 g/mol. The van der Waals surface area contributed by atoms with Crippen molar-refractivity contribution < 1.29 is 14.2 Å². The van der Waals surface area contributed by atoms with Gasteiger partial charge in [-0.25, -0.2) is 0 Å². The number of ether oxygens (including phenoxy) is 3. The summed E-state index contributed by atoms with van der Waals surface area (Å²) in [5.41, 5.74) is 5.62. The fraction of sp³-hybridized carbons (Fsp3) is 0.292. The van der Waals surface area contributed by atoms with Crippen molar-refractivity contribution in [3.63, 3.8) is 0 Å². The van der Waals surface area contributed by atoms with Crippen molar-refractivity contribution in [3.8, 4) is 17.2 Å². The Morgan fingerprint density at radius 3 is 2.41 bits per heavy atom. The molecule has 0 unspecified atom stereocenters. The predicted molar refractivity (Wildman–Crippen MR) is 112 cm³/mol. The van der Waals surface area contributed by atoms with Crippen molar-refractivity contribution in [1.82, 2.24) is 10.3 Å². The van der Waals surface area contributed by atoms with Crippen LogP contribution in [0.2, 0.25) is 0 Å². The molecule has 3 aromatic rings. The molecule has 150 valence electrons. The lowest BCUT2D eigenvalue weighted by Crippen LogP contribution is -2.17. The van der Waals surface area contributed by atoms with Crippen LogP contribution in [-0.2, 0) is 19.7 Å². The van der Waals surface area contributed by atoms with Gasteiger partial charge >= 0.3 is 0 Å². The van der Waals surface area contributed by atoms with Gasteiger partial charge in [-0.3, -0.25) is 4.98 Å². The number of aryl methyl sites for hydroxylation is 2. The second kappa shape index (κ2) is 8.97. The summed E-state index contributed by atoms with van der Waals surface area (Å²) in [5.74, 6) is 2.59. The first-order chi connectivity index (χ1) is 14.2. The van der Waals surface area contributed by atoms with Gasteiger partial charge in [-0.05, 0) is 60.4 Å². The Morgan fingerprint density at radius 2 is 1.66 bits per heavy atom. The van der Waals surface area contributed by atoms with Gasteiger partial charge in [0.15, 0.2) is 11.5 Å². The number of nitrogens with one attached hydrogen (secondary N) is 1. The standard InChI is InChI=1S/C24H26N2O3/c1-17-11-20(12-18(2)24(17)29-16-21-5-3-4-8-26-21)15-25-14-19-6-7-22-23(13-19)28-10-9-27-22/h3-8,11-13,25H,9-10,14-16H2,1-2H3. The van der Waals surface area contributed by atoms with E-state index < -0.39 is 0 Å². The van der Waals surface area contributed by atoms with Crippen LogP contribution in [0.25, 0.3) is 0 Å². The van der Waals surface area contributed by atoms with Gasteiger partial charge < -0.3 is 19.5 Å². The molecule has 4 rings (SSSR count). The molecular formula is C24H26N2O3. The largest absolute Gasteiger partial charge is 0.487 e. The van der Waals surface area contributed by atoms with E-state index in [-0.39, 0.29) is 0 Å². The van der Waals surface area contributed by atoms with Crippen molar-refractivity contribution in [3.05, 3.63) is 82.7 Å². The number of rotatable bonds is 7. The highest BCUT2D eigenvalue weighted by Crippen LogP contribution is 2.31. The summed E-state index contributed by atoms with van der Waals surface area (Å²) in [5, 5.41) is 3.51. The number of hydrogen-bond acceptors (Lipinski definition) is 5. The average molecular weight is 390 g/mol. The normalized spacial score (nSPS) is 12.6. The summed E-state index contributed by atoms with van der Waals surface area (Å²) >= 11 is 0. The number of benzene rings is 2. The van der Waals surface area contributed by atoms with Crippen LogP contribution in [0.1, 0.15) is 27.9 Å². The lowest BCUT2D eigenvalue weighted by atomic mass is 10.1. The maximum atomic E-state index is 6.03. The van der Waals surface area contributed by atoms with Crippen LogP contribution in [-0.4, -0.2) is 18.2 Å². The molecule has 0 bridgehead atoms. The van der Waals surface area contributed by atoms with Crippen molar-refractivity contribution in [2.45, 2.75) is 33.5 Å². The molecular weight excluding hydrogens is 364 g/mol. The van der Waals surface area contributed by atoms with Crippen LogP contribution in [0.3, 0.4) is 0 Å². The molecule has 2 heterocycles. The molecule has 0 amide bonds. The Bertz CT molecular complexity index is 950. The molecule has 2 aromatic carbocycles. The van der Waals surface area contributed by atoms with Gasteiger partial charge in [0.1, 0.15) is 25.6 Å². The van der Waals surface area contributed by atoms with Crippen LogP contribution in [0.15, 0.2) is 54.7 Å².